The van der Waals surface area contributed by atoms with Gasteiger partial charge < -0.3 is 19.4 Å². The fraction of sp³-hybridized carbons (Fsp3) is 0.476. The Bertz CT molecular complexity index is 736. The van der Waals surface area contributed by atoms with Gasteiger partial charge in [-0.05, 0) is 49.7 Å². The van der Waals surface area contributed by atoms with Gasteiger partial charge in [-0.25, -0.2) is 0 Å². The summed E-state index contributed by atoms with van der Waals surface area (Å²) in [6, 6.07) is 12.1. The van der Waals surface area contributed by atoms with Crippen LogP contribution in [-0.2, 0) is 11.3 Å². The molecule has 0 atom stereocenters. The Morgan fingerprint density at radius 1 is 1.19 bits per heavy atom. The van der Waals surface area contributed by atoms with Crippen molar-refractivity contribution in [3.63, 3.8) is 0 Å². The molecule has 0 saturated carbocycles. The highest BCUT2D eigenvalue weighted by molar-refractivity contribution is 5.91. The highest BCUT2D eigenvalue weighted by Crippen LogP contribution is 2.17. The van der Waals surface area contributed by atoms with E-state index in [4.69, 9.17) is 9.15 Å². The van der Waals surface area contributed by atoms with Crippen LogP contribution in [0.4, 0.5) is 5.69 Å². The summed E-state index contributed by atoms with van der Waals surface area (Å²) in [5, 5.41) is 2.92. The Balaban J connectivity index is 1.34. The van der Waals surface area contributed by atoms with E-state index in [9.17, 15) is 4.79 Å². The summed E-state index contributed by atoms with van der Waals surface area (Å²) in [6.45, 7) is 8.36. The molecule has 1 aliphatic heterocycles. The van der Waals surface area contributed by atoms with Crippen LogP contribution in [0.1, 0.15) is 28.3 Å². The molecule has 6 nitrogen and oxygen atoms in total. The van der Waals surface area contributed by atoms with Gasteiger partial charge in [-0.3, -0.25) is 9.69 Å². The van der Waals surface area contributed by atoms with Gasteiger partial charge in [0.2, 0.25) is 0 Å². The minimum atomic E-state index is -0.165. The molecular formula is C21H29N3O3. The van der Waals surface area contributed by atoms with Crippen molar-refractivity contribution in [2.75, 3.05) is 51.3 Å². The first-order valence-electron chi connectivity index (χ1n) is 9.55. The van der Waals surface area contributed by atoms with Crippen molar-refractivity contribution in [1.82, 2.24) is 10.2 Å². The number of nitrogens with zero attached hydrogens (tertiary/aromatic N) is 2. The zero-order chi connectivity index (χ0) is 19.1. The number of ether oxygens (including phenoxy) is 1. The number of carbonyl (C=O) groups is 1. The molecule has 0 radical (unpaired) electrons. The third kappa shape index (κ3) is 5.58. The molecule has 0 bridgehead atoms. The number of nitrogens with one attached hydrogen (secondary N) is 1. The molecule has 27 heavy (non-hydrogen) atoms. The molecule has 2 aromatic rings. The number of methoxy groups -OCH3 is 1. The highest BCUT2D eigenvalue weighted by Gasteiger charge is 2.17. The van der Waals surface area contributed by atoms with E-state index in [-0.39, 0.29) is 5.91 Å². The number of hydrogen-bond donors (Lipinski definition) is 1. The Kier molecular flexibility index (Phi) is 6.90. The number of piperazine rings is 1. The molecule has 3 rings (SSSR count). The Labute approximate surface area is 161 Å². The van der Waals surface area contributed by atoms with E-state index in [1.165, 1.54) is 11.3 Å². The smallest absolute Gasteiger partial charge is 0.286 e. The van der Waals surface area contributed by atoms with Crippen LogP contribution in [0.3, 0.4) is 0 Å². The first kappa shape index (κ1) is 19.5. The predicted octanol–water partition coefficient (Wildman–Crippen LogP) is 2.68. The lowest BCUT2D eigenvalue weighted by Gasteiger charge is -2.36. The maximum Gasteiger partial charge on any atom is 0.286 e. The van der Waals surface area contributed by atoms with Crippen LogP contribution in [0.2, 0.25) is 0 Å². The topological polar surface area (TPSA) is 58.0 Å². The van der Waals surface area contributed by atoms with Crippen molar-refractivity contribution in [3.05, 3.63) is 53.5 Å². The van der Waals surface area contributed by atoms with Gasteiger partial charge >= 0.3 is 0 Å². The van der Waals surface area contributed by atoms with Crippen LogP contribution in [0.25, 0.3) is 0 Å². The Morgan fingerprint density at radius 3 is 2.74 bits per heavy atom. The first-order valence-corrected chi connectivity index (χ1v) is 9.55. The summed E-state index contributed by atoms with van der Waals surface area (Å²) < 4.78 is 10.4. The van der Waals surface area contributed by atoms with Crippen LogP contribution >= 0.6 is 0 Å². The summed E-state index contributed by atoms with van der Waals surface area (Å²) in [5.41, 5.74) is 2.62. The van der Waals surface area contributed by atoms with E-state index in [0.717, 1.165) is 39.1 Å². The predicted molar refractivity (Wildman–Crippen MR) is 106 cm³/mol. The van der Waals surface area contributed by atoms with E-state index in [1.54, 1.807) is 19.2 Å². The minimum Gasteiger partial charge on any atom is -0.453 e. The summed E-state index contributed by atoms with van der Waals surface area (Å²) >= 11 is 0. The molecule has 1 amide bonds. The van der Waals surface area contributed by atoms with Crippen molar-refractivity contribution in [2.45, 2.75) is 20.0 Å². The van der Waals surface area contributed by atoms with Crippen molar-refractivity contribution < 1.29 is 13.9 Å². The van der Waals surface area contributed by atoms with Crippen LogP contribution in [0.15, 0.2) is 40.8 Å². The number of aryl methyl sites for hydroxylation is 1. The van der Waals surface area contributed by atoms with E-state index < -0.39 is 0 Å². The van der Waals surface area contributed by atoms with Crippen molar-refractivity contribution in [1.29, 1.82) is 0 Å². The molecule has 146 valence electrons. The van der Waals surface area contributed by atoms with Crippen LogP contribution in [0, 0.1) is 6.92 Å². The van der Waals surface area contributed by atoms with E-state index in [0.29, 0.717) is 24.7 Å². The molecule has 1 saturated heterocycles. The third-order valence-electron chi connectivity index (χ3n) is 4.85. The molecular weight excluding hydrogens is 342 g/mol. The summed E-state index contributed by atoms with van der Waals surface area (Å²) in [4.78, 5) is 17.0. The van der Waals surface area contributed by atoms with Gasteiger partial charge in [0.15, 0.2) is 5.76 Å². The van der Waals surface area contributed by atoms with Gasteiger partial charge in [-0.2, -0.15) is 0 Å². The van der Waals surface area contributed by atoms with Crippen molar-refractivity contribution in [3.8, 4) is 0 Å². The monoisotopic (exact) mass is 371 g/mol. The number of hydrogen-bond acceptors (Lipinski definition) is 5. The Morgan fingerprint density at radius 2 is 2.00 bits per heavy atom. The molecule has 0 spiro atoms. The second-order valence-electron chi connectivity index (χ2n) is 6.98. The van der Waals surface area contributed by atoms with Crippen LogP contribution < -0.4 is 10.2 Å². The molecule has 0 unspecified atom stereocenters. The van der Waals surface area contributed by atoms with Gasteiger partial charge in [0.25, 0.3) is 5.91 Å². The highest BCUT2D eigenvalue weighted by atomic mass is 16.5. The average Bonchev–Trinajstić information content (AvgIpc) is 3.15. The van der Waals surface area contributed by atoms with Crippen molar-refractivity contribution in [2.24, 2.45) is 0 Å². The summed E-state index contributed by atoms with van der Waals surface area (Å²) in [7, 11) is 1.60. The summed E-state index contributed by atoms with van der Waals surface area (Å²) in [5.74, 6) is 0.838. The number of amides is 1. The van der Waals surface area contributed by atoms with E-state index >= 15 is 0 Å². The molecule has 1 N–H and O–H groups in total. The van der Waals surface area contributed by atoms with Gasteiger partial charge in [0.05, 0.1) is 0 Å². The normalized spacial score (nSPS) is 15.1. The maximum absolute atomic E-state index is 12.1. The number of carbonyl (C=O) groups excluding carboxylic acids is 1. The SMILES string of the molecule is COCc1ccc(C(=O)NCCCN2CCN(c3cccc(C)c3)CC2)o1. The molecule has 1 aliphatic rings. The lowest BCUT2D eigenvalue weighted by atomic mass is 10.2. The fourth-order valence-electron chi connectivity index (χ4n) is 3.37. The van der Waals surface area contributed by atoms with Gasteiger partial charge in [-0.1, -0.05) is 12.1 Å². The van der Waals surface area contributed by atoms with Gasteiger partial charge in [0.1, 0.15) is 12.4 Å². The van der Waals surface area contributed by atoms with E-state index in [2.05, 4.69) is 46.3 Å². The minimum absolute atomic E-state index is 0.165. The summed E-state index contributed by atoms with van der Waals surface area (Å²) in [6.07, 6.45) is 0.932. The zero-order valence-electron chi connectivity index (χ0n) is 16.2. The molecule has 0 aliphatic carbocycles. The largest absolute Gasteiger partial charge is 0.453 e. The fourth-order valence-corrected chi connectivity index (χ4v) is 3.37. The lowest BCUT2D eigenvalue weighted by Crippen LogP contribution is -2.47. The standard InChI is InChI=1S/C21H29N3O3/c1-17-5-3-6-18(15-17)24-13-11-23(12-14-24)10-4-9-22-21(25)20-8-7-19(27-20)16-26-2/h3,5-8,15H,4,9-14,16H2,1-2H3,(H,22,25). The van der Waals surface area contributed by atoms with Gasteiger partial charge in [0, 0.05) is 45.5 Å². The molecule has 1 aromatic carbocycles. The number of benzene rings is 1. The number of anilines is 1. The maximum atomic E-state index is 12.1. The van der Waals surface area contributed by atoms with Gasteiger partial charge in [-0.15, -0.1) is 0 Å². The third-order valence-corrected chi connectivity index (χ3v) is 4.85. The second kappa shape index (κ2) is 9.58. The average molecular weight is 371 g/mol. The van der Waals surface area contributed by atoms with Crippen molar-refractivity contribution >= 4 is 11.6 Å². The van der Waals surface area contributed by atoms with E-state index in [1.807, 2.05) is 0 Å². The molecule has 6 heteroatoms. The first-order chi connectivity index (χ1) is 13.2. The quantitative estimate of drug-likeness (QED) is 0.723. The lowest BCUT2D eigenvalue weighted by molar-refractivity contribution is 0.0915. The molecule has 2 heterocycles. The molecule has 1 fully saturated rings. The molecule has 1 aromatic heterocycles. The number of furan rings is 1. The zero-order valence-corrected chi connectivity index (χ0v) is 16.2. The van der Waals surface area contributed by atoms with Crippen LogP contribution in [0.5, 0.6) is 0 Å². The van der Waals surface area contributed by atoms with Crippen LogP contribution in [-0.4, -0.2) is 57.2 Å². The second-order valence-corrected chi connectivity index (χ2v) is 6.98. The number of rotatable bonds is 8. The Hall–Kier alpha value is -2.31.